The highest BCUT2D eigenvalue weighted by molar-refractivity contribution is 7.98. The Labute approximate surface area is 141 Å². The quantitative estimate of drug-likeness (QED) is 0.558. The molecule has 1 aromatic rings. The number of thioether (sulfide) groups is 1. The highest BCUT2D eigenvalue weighted by Crippen LogP contribution is 2.18. The molecule has 0 fully saturated rings. The fourth-order valence-electron chi connectivity index (χ4n) is 2.49. The summed E-state index contributed by atoms with van der Waals surface area (Å²) in [5.74, 6) is -1.27. The number of carboxylic acid groups (broad SMARTS) is 1. The molecule has 0 radical (unpaired) electrons. The van der Waals surface area contributed by atoms with E-state index in [1.165, 1.54) is 11.8 Å². The molecule has 128 valence electrons. The van der Waals surface area contributed by atoms with Gasteiger partial charge in [-0.1, -0.05) is 25.1 Å². The maximum atomic E-state index is 12.1. The maximum absolute atomic E-state index is 12.1. The van der Waals surface area contributed by atoms with E-state index in [4.69, 9.17) is 0 Å². The first-order chi connectivity index (χ1) is 10.7. The zero-order valence-corrected chi connectivity index (χ0v) is 15.2. The largest absolute Gasteiger partial charge is 0.480 e. The van der Waals surface area contributed by atoms with Crippen LogP contribution in [0.4, 0.5) is 0 Å². The Balaban J connectivity index is 2.75. The lowest BCUT2D eigenvalue weighted by Crippen LogP contribution is -2.52. The minimum Gasteiger partial charge on any atom is -0.480 e. The van der Waals surface area contributed by atoms with Gasteiger partial charge in [0.25, 0.3) is 0 Å². The topological polar surface area (TPSA) is 92.2 Å². The van der Waals surface area contributed by atoms with Crippen LogP contribution < -0.4 is 5.32 Å². The fraction of sp³-hybridized carbons (Fsp3) is 0.625. The Hall–Kier alpha value is -1.63. The van der Waals surface area contributed by atoms with Crippen LogP contribution in [-0.2, 0) is 16.0 Å². The van der Waals surface area contributed by atoms with Gasteiger partial charge in [-0.15, -0.1) is 0 Å². The van der Waals surface area contributed by atoms with Crippen molar-refractivity contribution in [1.29, 1.82) is 0 Å². The van der Waals surface area contributed by atoms with Gasteiger partial charge >= 0.3 is 5.97 Å². The summed E-state index contributed by atoms with van der Waals surface area (Å²) in [6, 6.07) is 0. The number of aliphatic carboxylic acids is 1. The van der Waals surface area contributed by atoms with E-state index in [0.717, 1.165) is 22.1 Å². The van der Waals surface area contributed by atoms with Crippen LogP contribution in [0.15, 0.2) is 5.16 Å². The molecule has 0 aliphatic rings. The summed E-state index contributed by atoms with van der Waals surface area (Å²) in [5, 5.41) is 12.7. The Kier molecular flexibility index (Phi) is 7.00. The SMILES string of the molecule is CCCC(C)(NC(=O)CCc1c(C)nc(SC)nc1C)C(=O)O. The molecule has 2 N–H and O–H groups in total. The predicted molar refractivity (Wildman–Crippen MR) is 90.7 cm³/mol. The molecule has 0 aliphatic heterocycles. The van der Waals surface area contributed by atoms with Gasteiger partial charge in [0.15, 0.2) is 5.16 Å². The van der Waals surface area contributed by atoms with Crippen molar-refractivity contribution >= 4 is 23.6 Å². The van der Waals surface area contributed by atoms with Gasteiger partial charge in [0.1, 0.15) is 5.54 Å². The van der Waals surface area contributed by atoms with Crippen LogP contribution in [0, 0.1) is 13.8 Å². The first-order valence-corrected chi connectivity index (χ1v) is 8.88. The highest BCUT2D eigenvalue weighted by Gasteiger charge is 2.33. The molecule has 1 aromatic heterocycles. The van der Waals surface area contributed by atoms with Gasteiger partial charge in [0.2, 0.25) is 5.91 Å². The molecule has 0 aliphatic carbocycles. The average Bonchev–Trinajstić information content (AvgIpc) is 2.46. The standard InChI is InChI=1S/C16H25N3O3S/c1-6-9-16(4,14(21)22)19-13(20)8-7-12-10(2)17-15(23-5)18-11(12)3/h6-9H2,1-5H3,(H,19,20)(H,21,22). The van der Waals surface area contributed by atoms with E-state index < -0.39 is 11.5 Å². The third-order valence-corrected chi connectivity index (χ3v) is 4.37. The van der Waals surface area contributed by atoms with Crippen molar-refractivity contribution in [3.8, 4) is 0 Å². The van der Waals surface area contributed by atoms with Gasteiger partial charge in [-0.3, -0.25) is 4.79 Å². The zero-order valence-electron chi connectivity index (χ0n) is 14.4. The predicted octanol–water partition coefficient (Wildman–Crippen LogP) is 2.51. The molecule has 6 nitrogen and oxygen atoms in total. The van der Waals surface area contributed by atoms with Gasteiger partial charge in [-0.2, -0.15) is 0 Å². The van der Waals surface area contributed by atoms with Crippen LogP contribution in [0.1, 0.15) is 50.1 Å². The number of aromatic nitrogens is 2. The highest BCUT2D eigenvalue weighted by atomic mass is 32.2. The molecule has 0 bridgehead atoms. The number of hydrogen-bond donors (Lipinski definition) is 2. The molecule has 1 rings (SSSR count). The Bertz CT molecular complexity index is 569. The summed E-state index contributed by atoms with van der Waals surface area (Å²) < 4.78 is 0. The molecule has 1 unspecified atom stereocenters. The van der Waals surface area contributed by atoms with Crippen LogP contribution in [0.5, 0.6) is 0 Å². The average molecular weight is 339 g/mol. The molecule has 1 atom stereocenters. The van der Waals surface area contributed by atoms with E-state index in [2.05, 4.69) is 15.3 Å². The molecule has 7 heteroatoms. The molecule has 1 amide bonds. The lowest BCUT2D eigenvalue weighted by Gasteiger charge is -2.25. The van der Waals surface area contributed by atoms with Crippen molar-refractivity contribution in [3.05, 3.63) is 17.0 Å². The van der Waals surface area contributed by atoms with Gasteiger partial charge in [0, 0.05) is 17.8 Å². The van der Waals surface area contributed by atoms with Crippen molar-refractivity contribution in [3.63, 3.8) is 0 Å². The summed E-state index contributed by atoms with van der Waals surface area (Å²) >= 11 is 1.48. The number of nitrogens with zero attached hydrogens (tertiary/aromatic N) is 2. The minimum absolute atomic E-state index is 0.218. The molecule has 0 saturated carbocycles. The molecule has 0 aromatic carbocycles. The third kappa shape index (κ3) is 5.20. The van der Waals surface area contributed by atoms with Crippen LogP contribution in [-0.4, -0.2) is 38.7 Å². The van der Waals surface area contributed by atoms with Gasteiger partial charge in [-0.25, -0.2) is 14.8 Å². The summed E-state index contributed by atoms with van der Waals surface area (Å²) in [5.41, 5.74) is 1.47. The molecule has 23 heavy (non-hydrogen) atoms. The lowest BCUT2D eigenvalue weighted by atomic mass is 9.95. The first-order valence-electron chi connectivity index (χ1n) is 7.66. The second-order valence-electron chi connectivity index (χ2n) is 5.80. The molecular formula is C16H25N3O3S. The number of rotatable bonds is 8. The van der Waals surface area contributed by atoms with Crippen molar-refractivity contribution < 1.29 is 14.7 Å². The van der Waals surface area contributed by atoms with Crippen molar-refractivity contribution in [1.82, 2.24) is 15.3 Å². The fourth-order valence-corrected chi connectivity index (χ4v) is 2.95. The summed E-state index contributed by atoms with van der Waals surface area (Å²) in [6.45, 7) is 7.24. The van der Waals surface area contributed by atoms with Crippen molar-refractivity contribution in [2.24, 2.45) is 0 Å². The number of carbonyl (C=O) groups excluding carboxylic acids is 1. The van der Waals surface area contributed by atoms with Crippen LogP contribution >= 0.6 is 11.8 Å². The summed E-state index contributed by atoms with van der Waals surface area (Å²) in [7, 11) is 0. The number of nitrogens with one attached hydrogen (secondary N) is 1. The van der Waals surface area contributed by atoms with Gasteiger partial charge < -0.3 is 10.4 Å². The smallest absolute Gasteiger partial charge is 0.329 e. The number of carboxylic acids is 1. The third-order valence-electron chi connectivity index (χ3n) is 3.82. The molecule has 0 spiro atoms. The normalized spacial score (nSPS) is 13.4. The van der Waals surface area contributed by atoms with Gasteiger partial charge in [0.05, 0.1) is 0 Å². The van der Waals surface area contributed by atoms with E-state index in [1.54, 1.807) is 6.92 Å². The molecule has 0 saturated heterocycles. The van der Waals surface area contributed by atoms with Crippen LogP contribution in [0.3, 0.4) is 0 Å². The molecular weight excluding hydrogens is 314 g/mol. The van der Waals surface area contributed by atoms with E-state index >= 15 is 0 Å². The Morgan fingerprint density at radius 1 is 1.26 bits per heavy atom. The second kappa shape index (κ2) is 8.29. The zero-order chi connectivity index (χ0) is 17.6. The van der Waals surface area contributed by atoms with E-state index in [0.29, 0.717) is 19.3 Å². The second-order valence-corrected chi connectivity index (χ2v) is 6.57. The number of amides is 1. The van der Waals surface area contributed by atoms with Gasteiger partial charge in [-0.05, 0) is 45.4 Å². The minimum atomic E-state index is -1.21. The monoisotopic (exact) mass is 339 g/mol. The number of carbonyl (C=O) groups is 2. The van der Waals surface area contributed by atoms with E-state index in [1.807, 2.05) is 27.0 Å². The number of aryl methyl sites for hydroxylation is 2. The molecule has 1 heterocycles. The maximum Gasteiger partial charge on any atom is 0.329 e. The van der Waals surface area contributed by atoms with E-state index in [-0.39, 0.29) is 12.3 Å². The van der Waals surface area contributed by atoms with Crippen molar-refractivity contribution in [2.75, 3.05) is 6.26 Å². The Morgan fingerprint density at radius 2 is 1.83 bits per heavy atom. The van der Waals surface area contributed by atoms with Crippen LogP contribution in [0.2, 0.25) is 0 Å². The lowest BCUT2D eigenvalue weighted by molar-refractivity contribution is -0.147. The summed E-state index contributed by atoms with van der Waals surface area (Å²) in [6.07, 6.45) is 3.72. The van der Waals surface area contributed by atoms with E-state index in [9.17, 15) is 14.7 Å². The number of hydrogen-bond acceptors (Lipinski definition) is 5. The van der Waals surface area contributed by atoms with Crippen LogP contribution in [0.25, 0.3) is 0 Å². The summed E-state index contributed by atoms with van der Waals surface area (Å²) in [4.78, 5) is 32.3. The Morgan fingerprint density at radius 3 is 2.26 bits per heavy atom. The first kappa shape index (κ1) is 19.4. The van der Waals surface area contributed by atoms with Crippen molar-refractivity contribution in [2.45, 2.75) is 64.1 Å².